The largest absolute Gasteiger partial charge is 0.360 e. The Morgan fingerprint density at radius 3 is 2.60 bits per heavy atom. The van der Waals surface area contributed by atoms with Gasteiger partial charge in [0.2, 0.25) is 0 Å². The average Bonchev–Trinajstić information content (AvgIpc) is 2.85. The second-order valence-electron chi connectivity index (χ2n) is 5.25. The van der Waals surface area contributed by atoms with E-state index in [4.69, 9.17) is 4.52 Å². The maximum absolute atomic E-state index is 12.3. The highest BCUT2D eigenvalue weighted by atomic mass is 16.5. The van der Waals surface area contributed by atoms with E-state index in [0.29, 0.717) is 12.2 Å². The molecule has 0 radical (unpaired) electrons. The summed E-state index contributed by atoms with van der Waals surface area (Å²) in [6, 6.07) is 11.4. The minimum Gasteiger partial charge on any atom is -0.360 e. The van der Waals surface area contributed by atoms with Gasteiger partial charge in [-0.15, -0.1) is 0 Å². The van der Waals surface area contributed by atoms with E-state index in [0.717, 1.165) is 11.3 Å². The molecule has 102 valence electrons. The Bertz CT molecular complexity index is 645. The summed E-state index contributed by atoms with van der Waals surface area (Å²) in [5.74, 6) is -0.0787. The van der Waals surface area contributed by atoms with Crippen molar-refractivity contribution in [2.75, 3.05) is 0 Å². The third-order valence-corrected chi connectivity index (χ3v) is 3.75. The molecule has 4 nitrogen and oxygen atoms in total. The van der Waals surface area contributed by atoms with Gasteiger partial charge in [-0.25, -0.2) is 0 Å². The predicted molar refractivity (Wildman–Crippen MR) is 72.4 cm³/mol. The summed E-state index contributed by atoms with van der Waals surface area (Å²) in [5, 5.41) is 3.86. The highest BCUT2D eigenvalue weighted by Gasteiger charge is 2.39. The van der Waals surface area contributed by atoms with Gasteiger partial charge in [0.15, 0.2) is 5.78 Å². The van der Waals surface area contributed by atoms with Gasteiger partial charge < -0.3 is 4.52 Å². The molecule has 0 spiro atoms. The van der Waals surface area contributed by atoms with Gasteiger partial charge in [-0.1, -0.05) is 35.5 Å². The van der Waals surface area contributed by atoms with Crippen molar-refractivity contribution in [2.24, 2.45) is 0 Å². The Kier molecular flexibility index (Phi) is 3.22. The van der Waals surface area contributed by atoms with Crippen LogP contribution in [0.15, 0.2) is 40.9 Å². The van der Waals surface area contributed by atoms with E-state index in [1.165, 1.54) is 0 Å². The van der Waals surface area contributed by atoms with Gasteiger partial charge in [0.05, 0.1) is 18.0 Å². The fourth-order valence-electron chi connectivity index (χ4n) is 2.86. The molecule has 0 amide bonds. The number of nitrogens with zero attached hydrogens (tertiary/aromatic N) is 1. The third kappa shape index (κ3) is 2.29. The van der Waals surface area contributed by atoms with Gasteiger partial charge in [-0.05, 0) is 12.5 Å². The Morgan fingerprint density at radius 2 is 1.95 bits per heavy atom. The van der Waals surface area contributed by atoms with Gasteiger partial charge in [0.25, 0.3) is 0 Å². The van der Waals surface area contributed by atoms with E-state index in [1.807, 2.05) is 37.3 Å². The zero-order chi connectivity index (χ0) is 14.1. The molecule has 1 aromatic heterocycles. The number of hydrogen-bond acceptors (Lipinski definition) is 4. The number of aryl methyl sites for hydroxylation is 1. The Hall–Kier alpha value is -2.23. The first-order valence-corrected chi connectivity index (χ1v) is 6.67. The molecule has 0 bridgehead atoms. The van der Waals surface area contributed by atoms with Crippen molar-refractivity contribution in [1.29, 1.82) is 0 Å². The van der Waals surface area contributed by atoms with Crippen LogP contribution in [0.1, 0.15) is 41.7 Å². The lowest BCUT2D eigenvalue weighted by Crippen LogP contribution is -2.30. The molecule has 1 aliphatic rings. The fraction of sp³-hybridized carbons (Fsp3) is 0.312. The van der Waals surface area contributed by atoms with Crippen LogP contribution < -0.4 is 0 Å². The van der Waals surface area contributed by atoms with Gasteiger partial charge in [-0.3, -0.25) is 9.59 Å². The van der Waals surface area contributed by atoms with Crippen LogP contribution in [0.2, 0.25) is 0 Å². The van der Waals surface area contributed by atoms with Crippen LogP contribution in [0.4, 0.5) is 0 Å². The molecule has 3 rings (SSSR count). The summed E-state index contributed by atoms with van der Waals surface area (Å²) >= 11 is 0. The molecule has 1 saturated carbocycles. The zero-order valence-corrected chi connectivity index (χ0v) is 11.2. The highest BCUT2D eigenvalue weighted by Crippen LogP contribution is 2.40. The quantitative estimate of drug-likeness (QED) is 0.786. The smallest absolute Gasteiger partial charge is 0.151 e. The lowest BCUT2D eigenvalue weighted by Gasteiger charge is -2.28. The summed E-state index contributed by atoms with van der Waals surface area (Å²) in [4.78, 5) is 24.1. The van der Waals surface area contributed by atoms with E-state index >= 15 is 0 Å². The maximum Gasteiger partial charge on any atom is 0.151 e. The van der Waals surface area contributed by atoms with Crippen LogP contribution in [0.3, 0.4) is 0 Å². The Labute approximate surface area is 116 Å². The summed E-state index contributed by atoms with van der Waals surface area (Å²) in [5.41, 5.74) is 1.74. The van der Waals surface area contributed by atoms with Crippen LogP contribution in [-0.4, -0.2) is 16.7 Å². The van der Waals surface area contributed by atoms with Crippen molar-refractivity contribution in [3.63, 3.8) is 0 Å². The second-order valence-corrected chi connectivity index (χ2v) is 5.25. The molecular weight excluding hydrogens is 254 g/mol. The molecule has 1 aromatic carbocycles. The topological polar surface area (TPSA) is 60.2 Å². The highest BCUT2D eigenvalue weighted by molar-refractivity contribution is 6.05. The van der Waals surface area contributed by atoms with Crippen LogP contribution in [0.5, 0.6) is 0 Å². The number of ketones is 2. The summed E-state index contributed by atoms with van der Waals surface area (Å²) in [7, 11) is 0. The molecule has 1 fully saturated rings. The molecule has 20 heavy (non-hydrogen) atoms. The van der Waals surface area contributed by atoms with Gasteiger partial charge in [0.1, 0.15) is 11.5 Å². The lowest BCUT2D eigenvalue weighted by atomic mass is 9.73. The van der Waals surface area contributed by atoms with E-state index < -0.39 is 5.92 Å². The zero-order valence-electron chi connectivity index (χ0n) is 11.2. The van der Waals surface area contributed by atoms with E-state index in [9.17, 15) is 9.59 Å². The van der Waals surface area contributed by atoms with Crippen LogP contribution in [-0.2, 0) is 9.59 Å². The normalized spacial score (nSPS) is 23.1. The number of carbonyl (C=O) groups excluding carboxylic acids is 2. The molecule has 2 atom stereocenters. The molecule has 1 heterocycles. The second kappa shape index (κ2) is 5.04. The van der Waals surface area contributed by atoms with Crippen molar-refractivity contribution in [3.05, 3.63) is 53.4 Å². The monoisotopic (exact) mass is 269 g/mol. The third-order valence-electron chi connectivity index (χ3n) is 3.75. The van der Waals surface area contributed by atoms with Crippen molar-refractivity contribution in [3.8, 4) is 0 Å². The number of carbonyl (C=O) groups is 2. The first-order valence-electron chi connectivity index (χ1n) is 6.67. The van der Waals surface area contributed by atoms with E-state index in [2.05, 4.69) is 5.16 Å². The molecule has 4 heteroatoms. The van der Waals surface area contributed by atoms with Crippen LogP contribution >= 0.6 is 0 Å². The minimum atomic E-state index is -0.406. The van der Waals surface area contributed by atoms with Crippen LogP contribution in [0.25, 0.3) is 0 Å². The number of Topliss-reactive ketones (excluding diaryl/α,β-unsaturated/α-hetero) is 2. The van der Waals surface area contributed by atoms with Gasteiger partial charge in [0, 0.05) is 18.4 Å². The summed E-state index contributed by atoms with van der Waals surface area (Å²) in [6.45, 7) is 1.82. The molecule has 0 unspecified atom stereocenters. The SMILES string of the molecule is Cc1cc([C@H]2C(=O)CC(=O)C[C@@H]2c2ccccc2)on1. The van der Waals surface area contributed by atoms with Crippen molar-refractivity contribution in [1.82, 2.24) is 5.16 Å². The molecule has 0 saturated heterocycles. The number of benzene rings is 1. The molecule has 0 aliphatic heterocycles. The molecular formula is C16H15NO3. The fourth-order valence-corrected chi connectivity index (χ4v) is 2.86. The van der Waals surface area contributed by atoms with Crippen molar-refractivity contribution >= 4 is 11.6 Å². The Morgan fingerprint density at radius 1 is 1.20 bits per heavy atom. The Balaban J connectivity index is 2.03. The van der Waals surface area contributed by atoms with Crippen LogP contribution in [0, 0.1) is 6.92 Å². The van der Waals surface area contributed by atoms with Crippen molar-refractivity contribution < 1.29 is 14.1 Å². The van der Waals surface area contributed by atoms with E-state index in [-0.39, 0.29) is 23.9 Å². The maximum atomic E-state index is 12.3. The number of hydrogen-bond donors (Lipinski definition) is 0. The average molecular weight is 269 g/mol. The number of aromatic nitrogens is 1. The van der Waals surface area contributed by atoms with Gasteiger partial charge in [-0.2, -0.15) is 0 Å². The minimum absolute atomic E-state index is 0.00339. The molecule has 1 aliphatic carbocycles. The summed E-state index contributed by atoms with van der Waals surface area (Å²) in [6.07, 6.45) is 0.369. The number of rotatable bonds is 2. The summed E-state index contributed by atoms with van der Waals surface area (Å²) < 4.78 is 5.28. The lowest BCUT2D eigenvalue weighted by molar-refractivity contribution is -0.131. The van der Waals surface area contributed by atoms with E-state index in [1.54, 1.807) is 6.07 Å². The predicted octanol–water partition coefficient (Wildman–Crippen LogP) is 2.78. The standard InChI is InChI=1S/C16H15NO3/c1-10-7-15(20-17-10)16-13(8-12(18)9-14(16)19)11-5-3-2-4-6-11/h2-7,13,16H,8-9H2,1H3/t13-,16-/m1/s1. The first-order chi connectivity index (χ1) is 9.65. The molecule has 2 aromatic rings. The molecule has 0 N–H and O–H groups in total. The van der Waals surface area contributed by atoms with Crippen molar-refractivity contribution in [2.45, 2.75) is 31.6 Å². The van der Waals surface area contributed by atoms with Gasteiger partial charge >= 0.3 is 0 Å². The first kappa shape index (κ1) is 12.8.